The Balaban J connectivity index is 1.92. The molecule has 2 aromatic rings. The predicted octanol–water partition coefficient (Wildman–Crippen LogP) is 1.88. The first kappa shape index (κ1) is 21.6. The zero-order valence-corrected chi connectivity index (χ0v) is 16.8. The topological polar surface area (TPSA) is 90.4 Å². The highest BCUT2D eigenvalue weighted by Gasteiger charge is 2.09. The van der Waals surface area contributed by atoms with Crippen molar-refractivity contribution in [2.75, 3.05) is 19.6 Å². The lowest BCUT2D eigenvalue weighted by Crippen LogP contribution is -2.38. The van der Waals surface area contributed by atoms with Gasteiger partial charge in [-0.25, -0.2) is 4.79 Å². The molecule has 0 fully saturated rings. The van der Waals surface area contributed by atoms with E-state index in [2.05, 4.69) is 11.8 Å². The summed E-state index contributed by atoms with van der Waals surface area (Å²) in [7, 11) is 3.17. The number of nitro groups is 1. The molecule has 0 aliphatic carbocycles. The lowest BCUT2D eigenvalue weighted by molar-refractivity contribution is -0.384. The van der Waals surface area contributed by atoms with E-state index < -0.39 is 4.92 Å². The van der Waals surface area contributed by atoms with Crippen molar-refractivity contribution in [1.82, 2.24) is 14.0 Å². The fraction of sp³-hybridized carbons (Fsp3) is 0.500. The Kier molecular flexibility index (Phi) is 7.69. The summed E-state index contributed by atoms with van der Waals surface area (Å²) in [5.41, 5.74) is 1.35. The van der Waals surface area contributed by atoms with Gasteiger partial charge in [0.1, 0.15) is 0 Å². The highest BCUT2D eigenvalue weighted by molar-refractivity contribution is 5.32. The van der Waals surface area contributed by atoms with Crippen molar-refractivity contribution in [3.63, 3.8) is 0 Å². The Hall–Kier alpha value is -2.74. The van der Waals surface area contributed by atoms with Crippen LogP contribution in [0.4, 0.5) is 5.69 Å². The standard InChI is InChI=1S/C20H28N4O4/c1-4-12-23(14-11-16-7-9-17(10-8-16)24(27)28)13-5-6-18-15-19(25)22(3)20(26)21(18)2/h7-10,15H,4-6,11-14H2,1-3H3. The van der Waals surface area contributed by atoms with Crippen LogP contribution >= 0.6 is 0 Å². The average Bonchev–Trinajstić information content (AvgIpc) is 2.68. The number of nitrogens with zero attached hydrogens (tertiary/aromatic N) is 4. The van der Waals surface area contributed by atoms with Gasteiger partial charge in [0.25, 0.3) is 11.2 Å². The third-order valence-corrected chi connectivity index (χ3v) is 4.94. The van der Waals surface area contributed by atoms with Gasteiger partial charge in [-0.3, -0.25) is 19.5 Å². The molecule has 0 amide bonds. The second kappa shape index (κ2) is 9.98. The largest absolute Gasteiger partial charge is 0.330 e. The number of aryl methyl sites for hydroxylation is 1. The van der Waals surface area contributed by atoms with Crippen LogP contribution in [0.25, 0.3) is 0 Å². The number of aromatic nitrogens is 2. The number of benzene rings is 1. The maximum absolute atomic E-state index is 12.0. The van der Waals surface area contributed by atoms with Crippen LogP contribution in [-0.2, 0) is 26.9 Å². The summed E-state index contributed by atoms with van der Waals surface area (Å²) < 4.78 is 2.64. The Labute approximate surface area is 164 Å². The van der Waals surface area contributed by atoms with E-state index in [9.17, 15) is 19.7 Å². The van der Waals surface area contributed by atoms with E-state index in [0.717, 1.165) is 54.7 Å². The summed E-state index contributed by atoms with van der Waals surface area (Å²) in [6.07, 6.45) is 3.37. The molecule has 0 saturated carbocycles. The third kappa shape index (κ3) is 5.63. The monoisotopic (exact) mass is 388 g/mol. The molecule has 0 aliphatic heterocycles. The first-order chi connectivity index (χ1) is 13.3. The van der Waals surface area contributed by atoms with Gasteiger partial charge in [-0.2, -0.15) is 0 Å². The van der Waals surface area contributed by atoms with Crippen molar-refractivity contribution in [3.05, 3.63) is 72.5 Å². The van der Waals surface area contributed by atoms with Crippen LogP contribution < -0.4 is 11.2 Å². The second-order valence-corrected chi connectivity index (χ2v) is 6.99. The quantitative estimate of drug-likeness (QED) is 0.458. The van der Waals surface area contributed by atoms with Gasteiger partial charge in [-0.05, 0) is 44.3 Å². The minimum atomic E-state index is -0.391. The third-order valence-electron chi connectivity index (χ3n) is 4.94. The summed E-state index contributed by atoms with van der Waals surface area (Å²) >= 11 is 0. The lowest BCUT2D eigenvalue weighted by Gasteiger charge is -2.22. The van der Waals surface area contributed by atoms with Gasteiger partial charge in [0.15, 0.2) is 0 Å². The first-order valence-electron chi connectivity index (χ1n) is 9.55. The van der Waals surface area contributed by atoms with E-state index in [0.29, 0.717) is 6.42 Å². The Morgan fingerprint density at radius 1 is 1.00 bits per heavy atom. The van der Waals surface area contributed by atoms with Gasteiger partial charge < -0.3 is 9.47 Å². The van der Waals surface area contributed by atoms with E-state index in [1.54, 1.807) is 19.2 Å². The SMILES string of the molecule is CCCN(CCCc1cc(=O)n(C)c(=O)n1C)CCc1ccc([N+](=O)[O-])cc1. The van der Waals surface area contributed by atoms with Crippen molar-refractivity contribution in [2.45, 2.75) is 32.6 Å². The van der Waals surface area contributed by atoms with Gasteiger partial charge in [0.2, 0.25) is 0 Å². The van der Waals surface area contributed by atoms with Gasteiger partial charge in [0.05, 0.1) is 4.92 Å². The molecule has 152 valence electrons. The second-order valence-electron chi connectivity index (χ2n) is 6.99. The van der Waals surface area contributed by atoms with E-state index in [1.165, 1.54) is 29.8 Å². The molecule has 0 radical (unpaired) electrons. The molecule has 0 aliphatic rings. The van der Waals surface area contributed by atoms with Crippen LogP contribution in [0.3, 0.4) is 0 Å². The molecule has 1 heterocycles. The molecule has 1 aromatic heterocycles. The van der Waals surface area contributed by atoms with Crippen LogP contribution in [0.15, 0.2) is 39.9 Å². The zero-order valence-electron chi connectivity index (χ0n) is 16.8. The smallest absolute Gasteiger partial charge is 0.303 e. The summed E-state index contributed by atoms with van der Waals surface area (Å²) in [4.78, 5) is 36.5. The molecule has 0 saturated heterocycles. The van der Waals surface area contributed by atoms with Gasteiger partial charge in [0, 0.05) is 44.5 Å². The summed E-state index contributed by atoms with van der Waals surface area (Å²) in [5.74, 6) is 0. The number of hydrogen-bond acceptors (Lipinski definition) is 5. The highest BCUT2D eigenvalue weighted by Crippen LogP contribution is 2.13. The Morgan fingerprint density at radius 3 is 2.29 bits per heavy atom. The van der Waals surface area contributed by atoms with Crippen LogP contribution in [-0.4, -0.2) is 38.6 Å². The molecule has 0 atom stereocenters. The molecule has 28 heavy (non-hydrogen) atoms. The van der Waals surface area contributed by atoms with Crippen molar-refractivity contribution in [2.24, 2.45) is 14.1 Å². The molecule has 0 unspecified atom stereocenters. The van der Waals surface area contributed by atoms with Gasteiger partial charge >= 0.3 is 5.69 Å². The maximum atomic E-state index is 12.0. The Bertz CT molecular complexity index is 915. The predicted molar refractivity (Wildman–Crippen MR) is 109 cm³/mol. The summed E-state index contributed by atoms with van der Waals surface area (Å²) in [6, 6.07) is 8.21. The number of rotatable bonds is 10. The van der Waals surface area contributed by atoms with Crippen molar-refractivity contribution in [3.8, 4) is 0 Å². The Morgan fingerprint density at radius 2 is 1.68 bits per heavy atom. The fourth-order valence-electron chi connectivity index (χ4n) is 3.23. The van der Waals surface area contributed by atoms with Gasteiger partial charge in [-0.15, -0.1) is 0 Å². The van der Waals surface area contributed by atoms with Gasteiger partial charge in [-0.1, -0.05) is 19.1 Å². The van der Waals surface area contributed by atoms with Crippen LogP contribution in [0, 0.1) is 10.1 Å². The van der Waals surface area contributed by atoms with Crippen LogP contribution in [0.2, 0.25) is 0 Å². The average molecular weight is 388 g/mol. The molecule has 1 aromatic carbocycles. The summed E-state index contributed by atoms with van der Waals surface area (Å²) in [6.45, 7) is 4.82. The van der Waals surface area contributed by atoms with Crippen molar-refractivity contribution < 1.29 is 4.92 Å². The molecular formula is C20H28N4O4. The van der Waals surface area contributed by atoms with Crippen molar-refractivity contribution >= 4 is 5.69 Å². The minimum absolute atomic E-state index is 0.105. The number of nitro benzene ring substituents is 1. The van der Waals surface area contributed by atoms with E-state index >= 15 is 0 Å². The molecule has 8 heteroatoms. The molecule has 0 spiro atoms. The fourth-order valence-corrected chi connectivity index (χ4v) is 3.23. The number of non-ortho nitro benzene ring substituents is 1. The normalized spacial score (nSPS) is 11.1. The van der Waals surface area contributed by atoms with E-state index in [4.69, 9.17) is 0 Å². The highest BCUT2D eigenvalue weighted by atomic mass is 16.6. The first-order valence-corrected chi connectivity index (χ1v) is 9.55. The molecular weight excluding hydrogens is 360 g/mol. The summed E-state index contributed by atoms with van der Waals surface area (Å²) in [5, 5.41) is 10.7. The molecule has 0 bridgehead atoms. The maximum Gasteiger partial charge on any atom is 0.330 e. The minimum Gasteiger partial charge on any atom is -0.303 e. The van der Waals surface area contributed by atoms with Crippen LogP contribution in [0.1, 0.15) is 31.0 Å². The molecule has 0 N–H and O–H groups in total. The van der Waals surface area contributed by atoms with Crippen LogP contribution in [0.5, 0.6) is 0 Å². The number of hydrogen-bond donors (Lipinski definition) is 0. The van der Waals surface area contributed by atoms with Crippen molar-refractivity contribution in [1.29, 1.82) is 0 Å². The van der Waals surface area contributed by atoms with E-state index in [1.807, 2.05) is 0 Å². The zero-order chi connectivity index (χ0) is 20.7. The molecule has 2 rings (SSSR count). The molecule has 8 nitrogen and oxygen atoms in total. The van der Waals surface area contributed by atoms with E-state index in [-0.39, 0.29) is 16.9 Å². The lowest BCUT2D eigenvalue weighted by atomic mass is 10.1.